The molecule has 208 valence electrons. The number of fused-ring (bicyclic) bond motifs is 1. The van der Waals surface area contributed by atoms with Gasteiger partial charge in [-0.15, -0.1) is 0 Å². The lowest BCUT2D eigenvalue weighted by atomic mass is 9.85. The molecule has 0 radical (unpaired) electrons. The maximum absolute atomic E-state index is 14.5. The molecule has 2 fully saturated rings. The van der Waals surface area contributed by atoms with E-state index in [2.05, 4.69) is 25.6 Å². The van der Waals surface area contributed by atoms with Crippen molar-refractivity contribution in [3.05, 3.63) is 35.8 Å². The number of hydrogen-bond acceptors (Lipinski definition) is 7. The van der Waals surface area contributed by atoms with Gasteiger partial charge in [0.2, 0.25) is 17.8 Å². The molecule has 11 nitrogen and oxygen atoms in total. The summed E-state index contributed by atoms with van der Waals surface area (Å²) in [6, 6.07) is 0.382. The van der Waals surface area contributed by atoms with Gasteiger partial charge in [0, 0.05) is 36.7 Å². The summed E-state index contributed by atoms with van der Waals surface area (Å²) in [4.78, 5) is 38.1. The van der Waals surface area contributed by atoms with Gasteiger partial charge in [-0.2, -0.15) is 4.98 Å². The molecule has 2 aliphatic rings. The van der Waals surface area contributed by atoms with Crippen LogP contribution in [0.25, 0.3) is 11.2 Å². The molecule has 1 saturated carbocycles. The largest absolute Gasteiger partial charge is 0.465 e. The molecule has 2 amide bonds. The maximum atomic E-state index is 14.5. The van der Waals surface area contributed by atoms with Crippen LogP contribution in [0, 0.1) is 23.4 Å². The molecule has 5 N–H and O–H groups in total. The number of carbonyl (C=O) groups excluding carboxylic acids is 1. The number of imidazole rings is 1. The highest BCUT2D eigenvalue weighted by Gasteiger charge is 2.33. The molecular formula is C25H29F3N8O3. The first kappa shape index (κ1) is 26.5. The van der Waals surface area contributed by atoms with Crippen molar-refractivity contribution in [2.24, 2.45) is 11.7 Å². The molecule has 1 saturated heterocycles. The molecule has 3 aromatic rings. The van der Waals surface area contributed by atoms with Crippen LogP contribution < -0.4 is 16.4 Å². The number of piperidine rings is 1. The minimum Gasteiger partial charge on any atom is -0.465 e. The predicted octanol–water partition coefficient (Wildman–Crippen LogP) is 4.15. The molecule has 3 heterocycles. The Bertz CT molecular complexity index is 1390. The van der Waals surface area contributed by atoms with E-state index in [1.54, 1.807) is 4.57 Å². The van der Waals surface area contributed by atoms with Crippen molar-refractivity contribution in [2.45, 2.75) is 63.6 Å². The fourth-order valence-electron chi connectivity index (χ4n) is 5.56. The highest BCUT2D eigenvalue weighted by Crippen LogP contribution is 2.37. The minimum atomic E-state index is -1.12. The van der Waals surface area contributed by atoms with Crippen molar-refractivity contribution in [2.75, 3.05) is 17.2 Å². The molecule has 0 spiro atoms. The van der Waals surface area contributed by atoms with Crippen LogP contribution in [-0.4, -0.2) is 60.2 Å². The quantitative estimate of drug-likeness (QED) is 0.360. The number of carbonyl (C=O) groups is 2. The molecule has 14 heteroatoms. The summed E-state index contributed by atoms with van der Waals surface area (Å²) in [6.07, 6.45) is 4.02. The van der Waals surface area contributed by atoms with Crippen LogP contribution in [0.4, 0.5) is 35.5 Å². The van der Waals surface area contributed by atoms with Gasteiger partial charge in [0.15, 0.2) is 17.3 Å². The number of nitrogens with one attached hydrogen (secondary N) is 2. The fourth-order valence-corrected chi connectivity index (χ4v) is 5.56. The smallest absolute Gasteiger partial charge is 0.407 e. The van der Waals surface area contributed by atoms with Gasteiger partial charge in [-0.25, -0.2) is 27.9 Å². The van der Waals surface area contributed by atoms with Gasteiger partial charge >= 0.3 is 6.09 Å². The zero-order chi connectivity index (χ0) is 27.8. The number of hydrogen-bond donors (Lipinski definition) is 4. The first-order valence-corrected chi connectivity index (χ1v) is 12.8. The van der Waals surface area contributed by atoms with Crippen LogP contribution in [0.15, 0.2) is 18.3 Å². The number of nitrogens with two attached hydrogens (primary N) is 1. The first-order valence-electron chi connectivity index (χ1n) is 12.8. The number of nitrogens with zero attached hydrogens (tertiary/aromatic N) is 5. The van der Waals surface area contributed by atoms with E-state index in [4.69, 9.17) is 5.73 Å². The maximum Gasteiger partial charge on any atom is 0.407 e. The Labute approximate surface area is 221 Å². The lowest BCUT2D eigenvalue weighted by Crippen LogP contribution is -2.51. The molecule has 1 aliphatic heterocycles. The summed E-state index contributed by atoms with van der Waals surface area (Å²) < 4.78 is 44.2. The van der Waals surface area contributed by atoms with Crippen molar-refractivity contribution >= 4 is 40.7 Å². The Morgan fingerprint density at radius 2 is 1.77 bits per heavy atom. The van der Waals surface area contributed by atoms with Crippen molar-refractivity contribution in [3.8, 4) is 0 Å². The second kappa shape index (κ2) is 10.6. The third kappa shape index (κ3) is 5.27. The second-order valence-electron chi connectivity index (χ2n) is 10.1. The molecule has 0 bridgehead atoms. The number of halogens is 3. The molecule has 2 atom stereocenters. The lowest BCUT2D eigenvalue weighted by Gasteiger charge is -2.37. The molecule has 2 unspecified atom stereocenters. The van der Waals surface area contributed by atoms with Crippen molar-refractivity contribution in [3.63, 3.8) is 0 Å². The van der Waals surface area contributed by atoms with Crippen LogP contribution in [0.1, 0.15) is 51.5 Å². The third-order valence-electron chi connectivity index (χ3n) is 7.69. The number of carboxylic acid groups (broad SMARTS) is 1. The summed E-state index contributed by atoms with van der Waals surface area (Å²) in [5.74, 6) is -3.58. The predicted molar refractivity (Wildman–Crippen MR) is 136 cm³/mol. The summed E-state index contributed by atoms with van der Waals surface area (Å²) in [5, 5.41) is 15.4. The van der Waals surface area contributed by atoms with Crippen molar-refractivity contribution in [1.29, 1.82) is 0 Å². The van der Waals surface area contributed by atoms with Gasteiger partial charge in [-0.05, 0) is 45.4 Å². The summed E-state index contributed by atoms with van der Waals surface area (Å²) in [5.41, 5.74) is 5.68. The standard InChI is InChI=1S/C25H29F3N8O3/c1-12-18(3-2-8-35(12)25(38)39)31-23-30-11-19-22(34-23)36(15-6-4-13(5-7-15)21(29)37)24(32-19)33-20-16(27)9-14(26)10-17(20)28/h9-13,15,18H,2-8H2,1H3,(H2,29,37)(H,32,33)(H,38,39)(H,30,31,34). The normalized spacial score (nSPS) is 23.5. The van der Waals surface area contributed by atoms with Gasteiger partial charge in [0.25, 0.3) is 0 Å². The molecule has 39 heavy (non-hydrogen) atoms. The molecule has 5 rings (SSSR count). The number of primary amides is 1. The number of anilines is 3. The number of likely N-dealkylation sites (tertiary alicyclic amines) is 1. The Kier molecular flexibility index (Phi) is 7.19. The van der Waals surface area contributed by atoms with Crippen molar-refractivity contribution < 1.29 is 27.9 Å². The van der Waals surface area contributed by atoms with E-state index in [9.17, 15) is 27.9 Å². The number of benzene rings is 1. The number of aromatic nitrogens is 4. The van der Waals surface area contributed by atoms with E-state index >= 15 is 0 Å². The van der Waals surface area contributed by atoms with Crippen LogP contribution >= 0.6 is 0 Å². The minimum absolute atomic E-state index is 0.0893. The van der Waals surface area contributed by atoms with E-state index in [1.807, 2.05) is 6.92 Å². The van der Waals surface area contributed by atoms with Crippen molar-refractivity contribution in [1.82, 2.24) is 24.4 Å². The van der Waals surface area contributed by atoms with E-state index in [0.29, 0.717) is 61.9 Å². The Balaban J connectivity index is 1.51. The summed E-state index contributed by atoms with van der Waals surface area (Å²) in [7, 11) is 0. The zero-order valence-electron chi connectivity index (χ0n) is 21.2. The Morgan fingerprint density at radius 1 is 1.08 bits per heavy atom. The topological polar surface area (TPSA) is 151 Å². The SMILES string of the molecule is CC1C(Nc2ncc3nc(Nc4c(F)cc(F)cc4F)n(C4CCC(C(N)=O)CC4)c3n2)CCCN1C(=O)O. The lowest BCUT2D eigenvalue weighted by molar-refractivity contribution is -0.122. The summed E-state index contributed by atoms with van der Waals surface area (Å²) >= 11 is 0. The second-order valence-corrected chi connectivity index (χ2v) is 10.1. The van der Waals surface area contributed by atoms with Gasteiger partial charge in [-0.3, -0.25) is 9.36 Å². The van der Waals surface area contributed by atoms with Crippen LogP contribution in [0.5, 0.6) is 0 Å². The summed E-state index contributed by atoms with van der Waals surface area (Å²) in [6.45, 7) is 2.26. The molecule has 1 aliphatic carbocycles. The number of rotatable bonds is 6. The van der Waals surface area contributed by atoms with Gasteiger partial charge in [0.05, 0.1) is 12.2 Å². The Morgan fingerprint density at radius 3 is 2.41 bits per heavy atom. The van der Waals surface area contributed by atoms with E-state index in [1.165, 1.54) is 11.1 Å². The monoisotopic (exact) mass is 546 g/mol. The van der Waals surface area contributed by atoms with Gasteiger partial charge in [-0.1, -0.05) is 0 Å². The van der Waals surface area contributed by atoms with Crippen LogP contribution in [0.2, 0.25) is 0 Å². The van der Waals surface area contributed by atoms with Crippen LogP contribution in [0.3, 0.4) is 0 Å². The van der Waals surface area contributed by atoms with E-state index in [0.717, 1.165) is 6.42 Å². The molecule has 1 aromatic carbocycles. The number of amides is 2. The van der Waals surface area contributed by atoms with Crippen LogP contribution in [-0.2, 0) is 4.79 Å². The zero-order valence-corrected chi connectivity index (χ0v) is 21.2. The average molecular weight is 547 g/mol. The first-order chi connectivity index (χ1) is 18.6. The average Bonchev–Trinajstić information content (AvgIpc) is 3.24. The van der Waals surface area contributed by atoms with E-state index in [-0.39, 0.29) is 41.8 Å². The van der Waals surface area contributed by atoms with Gasteiger partial charge < -0.3 is 26.4 Å². The van der Waals surface area contributed by atoms with Gasteiger partial charge in [0.1, 0.15) is 17.0 Å². The molecular weight excluding hydrogens is 517 g/mol. The molecule has 2 aromatic heterocycles. The fraction of sp³-hybridized carbons (Fsp3) is 0.480. The van der Waals surface area contributed by atoms with E-state index < -0.39 is 29.2 Å². The highest BCUT2D eigenvalue weighted by atomic mass is 19.1. The Hall–Kier alpha value is -4.10. The highest BCUT2D eigenvalue weighted by molar-refractivity contribution is 5.78. The third-order valence-corrected chi connectivity index (χ3v) is 7.69.